The van der Waals surface area contributed by atoms with Gasteiger partial charge in [-0.25, -0.2) is 0 Å². The molecule has 1 heterocycles. The quantitative estimate of drug-likeness (QED) is 0.395. The Morgan fingerprint density at radius 1 is 1.36 bits per heavy atom. The van der Waals surface area contributed by atoms with Gasteiger partial charge in [0.1, 0.15) is 30.5 Å². The Morgan fingerprint density at radius 3 is 2.43 bits per heavy atom. The molecule has 1 unspecified atom stereocenters. The summed E-state index contributed by atoms with van der Waals surface area (Å²) in [6, 6.07) is 0. The minimum absolute atomic E-state index is 0.215. The van der Waals surface area contributed by atoms with Gasteiger partial charge in [0.05, 0.1) is 6.61 Å². The maximum atomic E-state index is 10.8. The molecule has 1 saturated heterocycles. The number of Topliss-reactive ketones (excluding diaryl/α,β-unsaturated/α-hetero) is 1. The fourth-order valence-corrected chi connectivity index (χ4v) is 1.34. The standard InChI is InChI=1S/C8H14O6/c1-3(9)5(11)8-7(13)6(12)4(10)2-14-8/h4-8,10-13H,2H2,1H3/t4-,5?,6+,7-,8+/m0/s1. The summed E-state index contributed by atoms with van der Waals surface area (Å²) in [5.41, 5.74) is 0. The first-order valence-electron chi connectivity index (χ1n) is 4.29. The van der Waals surface area contributed by atoms with Crippen molar-refractivity contribution >= 4 is 5.78 Å². The fraction of sp³-hybridized carbons (Fsp3) is 0.875. The summed E-state index contributed by atoms with van der Waals surface area (Å²) in [5.74, 6) is -0.558. The van der Waals surface area contributed by atoms with Gasteiger partial charge in [-0.15, -0.1) is 0 Å². The van der Waals surface area contributed by atoms with Crippen LogP contribution < -0.4 is 0 Å². The average Bonchev–Trinajstić information content (AvgIpc) is 2.13. The van der Waals surface area contributed by atoms with E-state index >= 15 is 0 Å². The number of carbonyl (C=O) groups is 1. The molecule has 6 heteroatoms. The normalized spacial score (nSPS) is 40.6. The molecule has 1 rings (SSSR count). The Balaban J connectivity index is 2.67. The van der Waals surface area contributed by atoms with Crippen LogP contribution in [0.4, 0.5) is 0 Å². The van der Waals surface area contributed by atoms with Crippen LogP contribution in [0.1, 0.15) is 6.92 Å². The lowest BCUT2D eigenvalue weighted by Gasteiger charge is -2.36. The second kappa shape index (κ2) is 4.33. The van der Waals surface area contributed by atoms with E-state index in [9.17, 15) is 20.1 Å². The molecule has 0 aromatic heterocycles. The van der Waals surface area contributed by atoms with Crippen LogP contribution in [0, 0.1) is 0 Å². The van der Waals surface area contributed by atoms with Gasteiger partial charge in [-0.3, -0.25) is 4.79 Å². The van der Waals surface area contributed by atoms with Crippen LogP contribution in [0.15, 0.2) is 0 Å². The lowest BCUT2D eigenvalue weighted by molar-refractivity contribution is -0.210. The largest absolute Gasteiger partial charge is 0.388 e. The van der Waals surface area contributed by atoms with Crippen molar-refractivity contribution < 1.29 is 30.0 Å². The number of aliphatic hydroxyl groups excluding tert-OH is 4. The van der Waals surface area contributed by atoms with Crippen LogP contribution in [-0.4, -0.2) is 63.3 Å². The number of aliphatic hydroxyl groups is 4. The molecule has 4 N–H and O–H groups in total. The zero-order valence-corrected chi connectivity index (χ0v) is 7.70. The summed E-state index contributed by atoms with van der Waals surface area (Å²) < 4.78 is 4.87. The zero-order chi connectivity index (χ0) is 10.9. The van der Waals surface area contributed by atoms with Gasteiger partial charge in [0, 0.05) is 0 Å². The van der Waals surface area contributed by atoms with Crippen molar-refractivity contribution in [2.75, 3.05) is 6.61 Å². The van der Waals surface area contributed by atoms with Crippen LogP contribution in [0.3, 0.4) is 0 Å². The highest BCUT2D eigenvalue weighted by Crippen LogP contribution is 2.18. The molecule has 1 aliphatic heterocycles. The molecule has 0 radical (unpaired) electrons. The van der Waals surface area contributed by atoms with E-state index in [0.717, 1.165) is 6.92 Å². The molecule has 1 aliphatic rings. The second-order valence-electron chi connectivity index (χ2n) is 3.40. The number of rotatable bonds is 2. The Hall–Kier alpha value is -0.530. The summed E-state index contributed by atoms with van der Waals surface area (Å²) in [5, 5.41) is 37.0. The maximum absolute atomic E-state index is 10.8. The Labute approximate surface area is 80.7 Å². The van der Waals surface area contributed by atoms with Crippen LogP contribution >= 0.6 is 0 Å². The van der Waals surface area contributed by atoms with E-state index in [4.69, 9.17) is 9.84 Å². The number of ether oxygens (including phenoxy) is 1. The molecule has 0 aromatic rings. The first kappa shape index (κ1) is 11.5. The van der Waals surface area contributed by atoms with E-state index in [-0.39, 0.29) is 6.61 Å². The number of ketones is 1. The van der Waals surface area contributed by atoms with Gasteiger partial charge < -0.3 is 25.2 Å². The highest BCUT2D eigenvalue weighted by atomic mass is 16.5. The molecule has 5 atom stereocenters. The first-order valence-corrected chi connectivity index (χ1v) is 4.29. The summed E-state index contributed by atoms with van der Waals surface area (Å²) in [6.07, 6.45) is -6.71. The van der Waals surface area contributed by atoms with Crippen LogP contribution in [0.2, 0.25) is 0 Å². The molecule has 0 aliphatic carbocycles. The molecule has 0 bridgehead atoms. The summed E-state index contributed by atoms with van der Waals surface area (Å²) in [7, 11) is 0. The van der Waals surface area contributed by atoms with Gasteiger partial charge in [-0.1, -0.05) is 0 Å². The minimum atomic E-state index is -1.48. The van der Waals surface area contributed by atoms with Crippen molar-refractivity contribution in [3.05, 3.63) is 0 Å². The third-order valence-corrected chi connectivity index (χ3v) is 2.27. The van der Waals surface area contributed by atoms with Crippen molar-refractivity contribution in [3.63, 3.8) is 0 Å². The van der Waals surface area contributed by atoms with E-state index in [1.165, 1.54) is 0 Å². The molecule has 1 fully saturated rings. The predicted molar refractivity (Wildman–Crippen MR) is 44.4 cm³/mol. The predicted octanol–water partition coefficient (Wildman–Crippen LogP) is -2.58. The van der Waals surface area contributed by atoms with E-state index in [1.807, 2.05) is 0 Å². The lowest BCUT2D eigenvalue weighted by Crippen LogP contribution is -2.57. The van der Waals surface area contributed by atoms with Gasteiger partial charge in [0.15, 0.2) is 5.78 Å². The molecule has 0 amide bonds. The fourth-order valence-electron chi connectivity index (χ4n) is 1.34. The lowest BCUT2D eigenvalue weighted by atomic mass is 9.95. The van der Waals surface area contributed by atoms with E-state index in [1.54, 1.807) is 0 Å². The highest BCUT2D eigenvalue weighted by Gasteiger charge is 2.42. The summed E-state index contributed by atoms with van der Waals surface area (Å²) in [4.78, 5) is 10.8. The van der Waals surface area contributed by atoms with Gasteiger partial charge in [0.2, 0.25) is 0 Å². The van der Waals surface area contributed by atoms with Gasteiger partial charge >= 0.3 is 0 Å². The number of carbonyl (C=O) groups excluding carboxylic acids is 1. The Kier molecular flexibility index (Phi) is 3.57. The van der Waals surface area contributed by atoms with Crippen molar-refractivity contribution in [2.24, 2.45) is 0 Å². The number of hydrogen-bond donors (Lipinski definition) is 4. The topological polar surface area (TPSA) is 107 Å². The summed E-state index contributed by atoms with van der Waals surface area (Å²) in [6.45, 7) is 0.936. The minimum Gasteiger partial charge on any atom is -0.388 e. The van der Waals surface area contributed by atoms with Crippen LogP contribution in [-0.2, 0) is 9.53 Å². The Morgan fingerprint density at radius 2 is 1.93 bits per heavy atom. The van der Waals surface area contributed by atoms with Crippen LogP contribution in [0.25, 0.3) is 0 Å². The van der Waals surface area contributed by atoms with Gasteiger partial charge in [0.25, 0.3) is 0 Å². The summed E-state index contributed by atoms with van der Waals surface area (Å²) >= 11 is 0. The van der Waals surface area contributed by atoms with E-state index < -0.39 is 36.3 Å². The molecule has 0 saturated carbocycles. The molecule has 82 valence electrons. The number of hydrogen-bond acceptors (Lipinski definition) is 6. The average molecular weight is 206 g/mol. The second-order valence-corrected chi connectivity index (χ2v) is 3.40. The van der Waals surface area contributed by atoms with Crippen LogP contribution in [0.5, 0.6) is 0 Å². The zero-order valence-electron chi connectivity index (χ0n) is 7.70. The molecule has 0 aromatic carbocycles. The monoisotopic (exact) mass is 206 g/mol. The SMILES string of the molecule is CC(=O)C(O)[C@H]1OC[C@H](O)[C@@H](O)[C@@H]1O. The van der Waals surface area contributed by atoms with E-state index in [2.05, 4.69) is 0 Å². The highest BCUT2D eigenvalue weighted by molar-refractivity contribution is 5.80. The van der Waals surface area contributed by atoms with Gasteiger partial charge in [-0.05, 0) is 6.92 Å². The first-order chi connectivity index (χ1) is 6.45. The smallest absolute Gasteiger partial charge is 0.160 e. The van der Waals surface area contributed by atoms with Crippen molar-refractivity contribution in [2.45, 2.75) is 37.4 Å². The molecular weight excluding hydrogens is 192 g/mol. The Bertz CT molecular complexity index is 218. The van der Waals surface area contributed by atoms with Crippen molar-refractivity contribution in [1.29, 1.82) is 0 Å². The van der Waals surface area contributed by atoms with Crippen molar-refractivity contribution in [1.82, 2.24) is 0 Å². The van der Waals surface area contributed by atoms with Gasteiger partial charge in [-0.2, -0.15) is 0 Å². The molecule has 0 spiro atoms. The molecular formula is C8H14O6. The third-order valence-electron chi connectivity index (χ3n) is 2.27. The maximum Gasteiger partial charge on any atom is 0.160 e. The van der Waals surface area contributed by atoms with Crippen molar-refractivity contribution in [3.8, 4) is 0 Å². The molecule has 6 nitrogen and oxygen atoms in total. The van der Waals surface area contributed by atoms with E-state index in [0.29, 0.717) is 0 Å². The third kappa shape index (κ3) is 2.10. The molecule has 14 heavy (non-hydrogen) atoms.